The maximum atomic E-state index is 14.6. The highest BCUT2D eigenvalue weighted by molar-refractivity contribution is 6.00. The van der Waals surface area contributed by atoms with Gasteiger partial charge in [0.2, 0.25) is 17.6 Å². The van der Waals surface area contributed by atoms with Gasteiger partial charge in [-0.2, -0.15) is 0 Å². The number of urea groups is 1. The lowest BCUT2D eigenvalue weighted by atomic mass is 9.88. The van der Waals surface area contributed by atoms with Gasteiger partial charge in [0.25, 0.3) is 0 Å². The summed E-state index contributed by atoms with van der Waals surface area (Å²) < 4.78 is 39.7. The van der Waals surface area contributed by atoms with Crippen molar-refractivity contribution in [3.8, 4) is 0 Å². The number of halogens is 2. The first-order valence-electron chi connectivity index (χ1n) is 11.3. The van der Waals surface area contributed by atoms with Crippen LogP contribution >= 0.6 is 0 Å². The summed E-state index contributed by atoms with van der Waals surface area (Å²) in [5, 5.41) is 6.37. The number of carbonyl (C=O) groups is 3. The number of primary amides is 1. The molecule has 1 aromatic heterocycles. The lowest BCUT2D eigenvalue weighted by Crippen LogP contribution is -2.58. The van der Waals surface area contributed by atoms with Gasteiger partial charge in [-0.3, -0.25) is 9.59 Å². The largest absolute Gasteiger partial charge is 0.377 e. The van der Waals surface area contributed by atoms with Gasteiger partial charge in [0, 0.05) is 31.4 Å². The SMILES string of the molecule is CCCC(F)(F)CC(C(=O)NC(CC)C(=O)c1cc(C(C)C)on1)C1COCCN1C(N)=O. The molecule has 1 fully saturated rings. The average Bonchev–Trinajstić information content (AvgIpc) is 3.26. The topological polar surface area (TPSA) is 128 Å². The number of hydrogen-bond donors (Lipinski definition) is 2. The summed E-state index contributed by atoms with van der Waals surface area (Å²) >= 11 is 0. The van der Waals surface area contributed by atoms with E-state index in [0.717, 1.165) is 0 Å². The molecule has 11 heteroatoms. The van der Waals surface area contributed by atoms with Crippen LogP contribution in [0.5, 0.6) is 0 Å². The fourth-order valence-electron chi connectivity index (χ4n) is 3.91. The zero-order chi connectivity index (χ0) is 24.8. The molecular weight excluding hydrogens is 438 g/mol. The van der Waals surface area contributed by atoms with Gasteiger partial charge in [0.1, 0.15) is 5.76 Å². The smallest absolute Gasteiger partial charge is 0.315 e. The van der Waals surface area contributed by atoms with Gasteiger partial charge in [-0.05, 0) is 6.42 Å². The molecule has 0 spiro atoms. The summed E-state index contributed by atoms with van der Waals surface area (Å²) in [5.41, 5.74) is 5.49. The number of nitrogens with two attached hydrogens (primary N) is 1. The standard InChI is InChI=1S/C22H34F2N4O5/c1-5-7-22(23,24)11-14(17-12-32-9-8-28(17)21(25)31)20(30)26-15(6-2)19(29)16-10-18(13(3)4)33-27-16/h10,13-15,17H,5-9,11-12H2,1-4H3,(H2,25,31)(H,26,30). The summed E-state index contributed by atoms with van der Waals surface area (Å²) in [6.07, 6.45) is -0.764. The van der Waals surface area contributed by atoms with Crippen molar-refractivity contribution < 1.29 is 32.4 Å². The predicted octanol–water partition coefficient (Wildman–Crippen LogP) is 3.10. The van der Waals surface area contributed by atoms with Gasteiger partial charge in [0.15, 0.2) is 5.69 Å². The molecule has 1 aliphatic rings. The second-order valence-electron chi connectivity index (χ2n) is 8.69. The van der Waals surface area contributed by atoms with Crippen LogP contribution in [-0.4, -0.2) is 65.5 Å². The van der Waals surface area contributed by atoms with Gasteiger partial charge in [-0.1, -0.05) is 39.3 Å². The van der Waals surface area contributed by atoms with E-state index in [2.05, 4.69) is 10.5 Å². The van der Waals surface area contributed by atoms with Crippen LogP contribution in [0.25, 0.3) is 0 Å². The Morgan fingerprint density at radius 1 is 1.33 bits per heavy atom. The van der Waals surface area contributed by atoms with Crippen molar-refractivity contribution in [2.24, 2.45) is 11.7 Å². The third kappa shape index (κ3) is 6.96. The summed E-state index contributed by atoms with van der Waals surface area (Å²) in [5.74, 6) is -5.16. The molecule has 2 rings (SSSR count). The number of ether oxygens (including phenoxy) is 1. The fraction of sp³-hybridized carbons (Fsp3) is 0.727. The van der Waals surface area contributed by atoms with Crippen molar-refractivity contribution in [1.29, 1.82) is 0 Å². The lowest BCUT2D eigenvalue weighted by molar-refractivity contribution is -0.135. The first-order valence-corrected chi connectivity index (χ1v) is 11.3. The number of carbonyl (C=O) groups excluding carboxylic acids is 3. The fourth-order valence-corrected chi connectivity index (χ4v) is 3.91. The van der Waals surface area contributed by atoms with Gasteiger partial charge in [-0.25, -0.2) is 13.6 Å². The second-order valence-corrected chi connectivity index (χ2v) is 8.69. The molecule has 2 heterocycles. The Labute approximate surface area is 192 Å². The maximum Gasteiger partial charge on any atom is 0.315 e. The van der Waals surface area contributed by atoms with E-state index in [0.29, 0.717) is 5.76 Å². The highest BCUT2D eigenvalue weighted by atomic mass is 19.3. The maximum absolute atomic E-state index is 14.6. The molecule has 3 unspecified atom stereocenters. The van der Waals surface area contributed by atoms with Gasteiger partial charge < -0.3 is 25.2 Å². The number of nitrogens with zero attached hydrogens (tertiary/aromatic N) is 2. The number of hydrogen-bond acceptors (Lipinski definition) is 6. The molecule has 0 saturated carbocycles. The molecule has 0 aromatic carbocycles. The monoisotopic (exact) mass is 472 g/mol. The van der Waals surface area contributed by atoms with Crippen molar-refractivity contribution in [2.45, 2.75) is 77.3 Å². The predicted molar refractivity (Wildman–Crippen MR) is 116 cm³/mol. The first-order chi connectivity index (χ1) is 15.5. The van der Waals surface area contributed by atoms with E-state index in [9.17, 15) is 23.2 Å². The van der Waals surface area contributed by atoms with E-state index >= 15 is 0 Å². The summed E-state index contributed by atoms with van der Waals surface area (Å²) in [6.45, 7) is 7.26. The van der Waals surface area contributed by atoms with Crippen LogP contribution < -0.4 is 11.1 Å². The molecule has 1 aliphatic heterocycles. The van der Waals surface area contributed by atoms with E-state index in [-0.39, 0.29) is 44.2 Å². The summed E-state index contributed by atoms with van der Waals surface area (Å²) in [6, 6.07) is -1.26. The lowest BCUT2D eigenvalue weighted by Gasteiger charge is -2.39. The average molecular weight is 473 g/mol. The molecule has 0 aliphatic carbocycles. The van der Waals surface area contributed by atoms with Crippen molar-refractivity contribution >= 4 is 17.7 Å². The van der Waals surface area contributed by atoms with E-state index in [1.807, 2.05) is 13.8 Å². The molecule has 9 nitrogen and oxygen atoms in total. The molecule has 0 radical (unpaired) electrons. The number of rotatable bonds is 11. The van der Waals surface area contributed by atoms with Gasteiger partial charge in [-0.15, -0.1) is 0 Å². The van der Waals surface area contributed by atoms with Crippen LogP contribution in [-0.2, 0) is 9.53 Å². The van der Waals surface area contributed by atoms with Crippen molar-refractivity contribution in [3.05, 3.63) is 17.5 Å². The third-order valence-electron chi connectivity index (χ3n) is 5.78. The molecule has 33 heavy (non-hydrogen) atoms. The number of alkyl halides is 2. The van der Waals surface area contributed by atoms with Crippen molar-refractivity contribution in [2.75, 3.05) is 19.8 Å². The summed E-state index contributed by atoms with van der Waals surface area (Å²) in [7, 11) is 0. The Kier molecular flexibility index (Phi) is 9.33. The Bertz CT molecular complexity index is 829. The van der Waals surface area contributed by atoms with Gasteiger partial charge in [0.05, 0.1) is 31.2 Å². The van der Waals surface area contributed by atoms with Crippen molar-refractivity contribution in [3.63, 3.8) is 0 Å². The zero-order valence-electron chi connectivity index (χ0n) is 19.6. The summed E-state index contributed by atoms with van der Waals surface area (Å²) in [4.78, 5) is 39.2. The van der Waals surface area contributed by atoms with Crippen LogP contribution in [0.3, 0.4) is 0 Å². The normalized spacial score (nSPS) is 18.8. The number of amides is 3. The number of nitrogens with one attached hydrogen (secondary N) is 1. The number of ketones is 1. The Morgan fingerprint density at radius 3 is 2.58 bits per heavy atom. The minimum absolute atomic E-state index is 0.0185. The molecule has 1 saturated heterocycles. The van der Waals surface area contributed by atoms with Crippen LogP contribution in [0.2, 0.25) is 0 Å². The number of aromatic nitrogens is 1. The quantitative estimate of drug-likeness (QED) is 0.477. The molecule has 0 bridgehead atoms. The molecule has 1 aromatic rings. The highest BCUT2D eigenvalue weighted by Gasteiger charge is 2.44. The van der Waals surface area contributed by atoms with E-state index < -0.39 is 54.5 Å². The van der Waals surface area contributed by atoms with Crippen LogP contribution in [0.1, 0.15) is 75.5 Å². The third-order valence-corrected chi connectivity index (χ3v) is 5.78. The van der Waals surface area contributed by atoms with Crippen LogP contribution in [0.4, 0.5) is 13.6 Å². The van der Waals surface area contributed by atoms with Crippen LogP contribution in [0.15, 0.2) is 10.6 Å². The molecule has 3 atom stereocenters. The molecule has 3 amide bonds. The molecule has 3 N–H and O–H groups in total. The van der Waals surface area contributed by atoms with E-state index in [1.165, 1.54) is 11.0 Å². The number of Topliss-reactive ketones (excluding diaryl/α,β-unsaturated/α-hetero) is 1. The van der Waals surface area contributed by atoms with Crippen LogP contribution in [0, 0.1) is 5.92 Å². The minimum Gasteiger partial charge on any atom is -0.377 e. The number of morpholine rings is 1. The van der Waals surface area contributed by atoms with E-state index in [4.69, 9.17) is 15.0 Å². The van der Waals surface area contributed by atoms with E-state index in [1.54, 1.807) is 13.8 Å². The Morgan fingerprint density at radius 2 is 2.03 bits per heavy atom. The Balaban J connectivity index is 2.27. The minimum atomic E-state index is -3.14. The molecular formula is C22H34F2N4O5. The second kappa shape index (κ2) is 11.5. The van der Waals surface area contributed by atoms with Crippen molar-refractivity contribution in [1.82, 2.24) is 15.4 Å². The Hall–Kier alpha value is -2.56. The van der Waals surface area contributed by atoms with Gasteiger partial charge >= 0.3 is 6.03 Å². The highest BCUT2D eigenvalue weighted by Crippen LogP contribution is 2.32. The molecule has 186 valence electrons. The zero-order valence-corrected chi connectivity index (χ0v) is 19.6. The first kappa shape index (κ1) is 26.7.